The maximum Gasteiger partial charge on any atom is 0.294 e. The molecule has 3 rings (SSSR count). The number of hydrogen-bond acceptors (Lipinski definition) is 7. The number of likely N-dealkylation sites (N-methyl/N-ethyl adjacent to an activating group) is 1. The lowest BCUT2D eigenvalue weighted by Gasteiger charge is -2.11. The number of carbonyl (C=O) groups excluding carboxylic acids is 1. The van der Waals surface area contributed by atoms with Crippen LogP contribution in [0.15, 0.2) is 27.6 Å². The molecule has 0 spiro atoms. The van der Waals surface area contributed by atoms with Crippen molar-refractivity contribution in [3.05, 3.63) is 43.5 Å². The first-order valence-corrected chi connectivity index (χ1v) is 9.98. The molecule has 2 aromatic rings. The van der Waals surface area contributed by atoms with Gasteiger partial charge in [0.2, 0.25) is 0 Å². The van der Waals surface area contributed by atoms with Gasteiger partial charge in [-0.2, -0.15) is 0 Å². The zero-order valence-corrected chi connectivity index (χ0v) is 16.7. The van der Waals surface area contributed by atoms with E-state index in [2.05, 4.69) is 15.2 Å². The van der Waals surface area contributed by atoms with Crippen LogP contribution in [0.25, 0.3) is 0 Å². The second kappa shape index (κ2) is 8.10. The van der Waals surface area contributed by atoms with Gasteiger partial charge in [0.05, 0.1) is 19.9 Å². The molecule has 0 aromatic carbocycles. The van der Waals surface area contributed by atoms with Crippen molar-refractivity contribution in [2.45, 2.75) is 21.6 Å². The molecule has 138 valence electrons. The number of nitrogens with zero attached hydrogens (tertiary/aromatic N) is 3. The number of nitro groups is 1. The first-order valence-electron chi connectivity index (χ1n) is 7.59. The fourth-order valence-electron chi connectivity index (χ4n) is 2.58. The molecule has 1 aliphatic heterocycles. The molecule has 2 aromatic heterocycles. The fraction of sp³-hybridized carbons (Fsp3) is 0.333. The van der Waals surface area contributed by atoms with E-state index in [1.54, 1.807) is 0 Å². The third-order valence-electron chi connectivity index (χ3n) is 3.83. The number of aromatic nitrogens is 1. The van der Waals surface area contributed by atoms with Crippen molar-refractivity contribution in [1.29, 1.82) is 0 Å². The molecule has 0 bridgehead atoms. The van der Waals surface area contributed by atoms with Gasteiger partial charge in [0.25, 0.3) is 11.6 Å². The van der Waals surface area contributed by atoms with E-state index in [9.17, 15) is 14.9 Å². The number of amides is 1. The summed E-state index contributed by atoms with van der Waals surface area (Å²) in [6.45, 7) is 1.68. The minimum Gasteiger partial charge on any atom is -0.347 e. The zero-order valence-electron chi connectivity index (χ0n) is 13.6. The zero-order chi connectivity index (χ0) is 18.8. The predicted octanol–water partition coefficient (Wildman–Crippen LogP) is 3.94. The van der Waals surface area contributed by atoms with E-state index in [1.807, 2.05) is 7.05 Å². The van der Waals surface area contributed by atoms with Gasteiger partial charge in [-0.3, -0.25) is 19.9 Å². The van der Waals surface area contributed by atoms with Crippen LogP contribution in [0.4, 0.5) is 5.69 Å². The third kappa shape index (κ3) is 4.29. The molecule has 1 aliphatic rings. The highest BCUT2D eigenvalue weighted by Crippen LogP contribution is 2.45. The highest BCUT2D eigenvalue weighted by Gasteiger charge is 2.27. The molecule has 1 atom stereocenters. The average molecular weight is 433 g/mol. The van der Waals surface area contributed by atoms with Crippen LogP contribution in [0.3, 0.4) is 0 Å². The molecule has 1 N–H and O–H groups in total. The Morgan fingerprint density at radius 2 is 2.15 bits per heavy atom. The summed E-state index contributed by atoms with van der Waals surface area (Å²) in [5.74, 6) is -0.308. The van der Waals surface area contributed by atoms with E-state index in [1.165, 1.54) is 18.5 Å². The molecule has 1 fully saturated rings. The number of thiophene rings is 1. The number of rotatable bonds is 5. The molecule has 11 heteroatoms. The van der Waals surface area contributed by atoms with Crippen molar-refractivity contribution in [2.75, 3.05) is 20.1 Å². The van der Waals surface area contributed by atoms with Gasteiger partial charge in [0.1, 0.15) is 9.09 Å². The van der Waals surface area contributed by atoms with Gasteiger partial charge in [-0.15, -0.1) is 11.3 Å². The first-order chi connectivity index (χ1) is 12.3. The lowest BCUT2D eigenvalue weighted by Crippen LogP contribution is -2.36. The highest BCUT2D eigenvalue weighted by atomic mass is 35.5. The molecule has 0 aliphatic carbocycles. The maximum absolute atomic E-state index is 12.5. The summed E-state index contributed by atoms with van der Waals surface area (Å²) in [7, 11) is 1.99. The average Bonchev–Trinajstić information content (AvgIpc) is 3.17. The van der Waals surface area contributed by atoms with Crippen molar-refractivity contribution in [2.24, 2.45) is 0 Å². The molecule has 0 saturated carbocycles. The number of halogens is 2. The topological polar surface area (TPSA) is 88.4 Å². The Kier molecular flexibility index (Phi) is 6.03. The second-order valence-corrected chi connectivity index (χ2v) is 8.94. The van der Waals surface area contributed by atoms with Crippen LogP contribution in [-0.4, -0.2) is 46.9 Å². The van der Waals surface area contributed by atoms with Crippen molar-refractivity contribution in [3.8, 4) is 0 Å². The molecule has 1 saturated heterocycles. The van der Waals surface area contributed by atoms with Gasteiger partial charge >= 0.3 is 0 Å². The predicted molar refractivity (Wildman–Crippen MR) is 103 cm³/mol. The highest BCUT2D eigenvalue weighted by molar-refractivity contribution is 8.01. The first kappa shape index (κ1) is 19.4. The van der Waals surface area contributed by atoms with Crippen molar-refractivity contribution >= 4 is 57.9 Å². The number of nitrogens with one attached hydrogen (secondary N) is 1. The van der Waals surface area contributed by atoms with Gasteiger partial charge in [0, 0.05) is 31.0 Å². The molecular weight excluding hydrogens is 419 g/mol. The molecular formula is C15H14Cl2N4O3S2. The standard InChI is InChI=1S/C15H14Cl2N4O3S2/c1-20-3-2-8(7-20)19-14(22)12-4-11(21(23)24)15(25-12)26-13-9(16)5-18-6-10(13)17/h4-6,8H,2-3,7H2,1H3,(H,19,22). The van der Waals surface area contributed by atoms with Gasteiger partial charge in [-0.1, -0.05) is 35.0 Å². The summed E-state index contributed by atoms with van der Waals surface area (Å²) < 4.78 is 0.346. The van der Waals surface area contributed by atoms with Gasteiger partial charge < -0.3 is 10.2 Å². The third-order valence-corrected chi connectivity index (χ3v) is 7.08. The molecule has 3 heterocycles. The Bertz CT molecular complexity index is 841. The monoisotopic (exact) mass is 432 g/mol. The Morgan fingerprint density at radius 1 is 1.46 bits per heavy atom. The smallest absolute Gasteiger partial charge is 0.294 e. The summed E-state index contributed by atoms with van der Waals surface area (Å²) >= 11 is 14.3. The van der Waals surface area contributed by atoms with Crippen LogP contribution in [0.1, 0.15) is 16.1 Å². The molecule has 0 radical (unpaired) electrons. The van der Waals surface area contributed by atoms with Crippen molar-refractivity contribution < 1.29 is 9.72 Å². The van der Waals surface area contributed by atoms with Crippen LogP contribution < -0.4 is 5.32 Å². The maximum atomic E-state index is 12.5. The summed E-state index contributed by atoms with van der Waals surface area (Å²) in [6.07, 6.45) is 3.69. The normalized spacial score (nSPS) is 17.4. The SMILES string of the molecule is CN1CCC(NC(=O)c2cc([N+](=O)[O-])c(Sc3c(Cl)cncc3Cl)s2)C1. The van der Waals surface area contributed by atoms with E-state index in [0.717, 1.165) is 42.6 Å². The number of hydrogen-bond donors (Lipinski definition) is 1. The van der Waals surface area contributed by atoms with Crippen LogP contribution >= 0.6 is 46.3 Å². The summed E-state index contributed by atoms with van der Waals surface area (Å²) in [6, 6.07) is 1.35. The van der Waals surface area contributed by atoms with Crippen LogP contribution in [0.5, 0.6) is 0 Å². The van der Waals surface area contributed by atoms with Crippen LogP contribution in [0.2, 0.25) is 10.0 Å². The molecule has 26 heavy (non-hydrogen) atoms. The molecule has 1 unspecified atom stereocenters. The Hall–Kier alpha value is -1.39. The van der Waals surface area contributed by atoms with E-state index in [0.29, 0.717) is 19.1 Å². The van der Waals surface area contributed by atoms with Gasteiger partial charge in [-0.05, 0) is 20.0 Å². The Balaban J connectivity index is 1.84. The van der Waals surface area contributed by atoms with E-state index in [4.69, 9.17) is 23.2 Å². The van der Waals surface area contributed by atoms with E-state index >= 15 is 0 Å². The molecule has 1 amide bonds. The lowest BCUT2D eigenvalue weighted by molar-refractivity contribution is -0.387. The van der Waals surface area contributed by atoms with E-state index < -0.39 is 4.92 Å². The summed E-state index contributed by atoms with van der Waals surface area (Å²) in [5.41, 5.74) is -0.141. The minimum atomic E-state index is -0.512. The number of carbonyl (C=O) groups is 1. The van der Waals surface area contributed by atoms with E-state index in [-0.39, 0.29) is 22.5 Å². The summed E-state index contributed by atoms with van der Waals surface area (Å²) in [4.78, 5) is 30.1. The Morgan fingerprint density at radius 3 is 2.73 bits per heavy atom. The van der Waals surface area contributed by atoms with Gasteiger partial charge in [0.15, 0.2) is 0 Å². The quantitative estimate of drug-likeness (QED) is 0.568. The van der Waals surface area contributed by atoms with Gasteiger partial charge in [-0.25, -0.2) is 0 Å². The van der Waals surface area contributed by atoms with Crippen LogP contribution in [-0.2, 0) is 0 Å². The summed E-state index contributed by atoms with van der Waals surface area (Å²) in [5, 5.41) is 14.9. The second-order valence-electron chi connectivity index (χ2n) is 5.80. The number of likely N-dealkylation sites (tertiary alicyclic amines) is 1. The fourth-order valence-corrected chi connectivity index (χ4v) is 5.34. The number of pyridine rings is 1. The van der Waals surface area contributed by atoms with Crippen molar-refractivity contribution in [3.63, 3.8) is 0 Å². The van der Waals surface area contributed by atoms with Crippen LogP contribution in [0, 0.1) is 10.1 Å². The van der Waals surface area contributed by atoms with Crippen molar-refractivity contribution in [1.82, 2.24) is 15.2 Å². The molecule has 7 nitrogen and oxygen atoms in total. The largest absolute Gasteiger partial charge is 0.347 e. The minimum absolute atomic E-state index is 0.0499. The Labute approximate surface area is 167 Å². The lowest BCUT2D eigenvalue weighted by atomic mass is 10.2.